The predicted octanol–water partition coefficient (Wildman–Crippen LogP) is 0.757. The van der Waals surface area contributed by atoms with Gasteiger partial charge in [0.15, 0.2) is 5.96 Å². The highest BCUT2D eigenvalue weighted by Gasteiger charge is 2.14. The zero-order valence-electron chi connectivity index (χ0n) is 11.0. The lowest BCUT2D eigenvalue weighted by molar-refractivity contribution is 0.117. The molecule has 17 heavy (non-hydrogen) atoms. The fourth-order valence-corrected chi connectivity index (χ4v) is 1.75. The number of nitrogens with one attached hydrogen (secondary N) is 2. The van der Waals surface area contributed by atoms with Crippen LogP contribution in [-0.2, 0) is 9.47 Å². The van der Waals surface area contributed by atoms with Gasteiger partial charge in [0.25, 0.3) is 0 Å². The highest BCUT2D eigenvalue weighted by Crippen LogP contribution is 2.11. The van der Waals surface area contributed by atoms with Gasteiger partial charge in [-0.3, -0.25) is 4.99 Å². The van der Waals surface area contributed by atoms with Crippen molar-refractivity contribution >= 4 is 5.96 Å². The summed E-state index contributed by atoms with van der Waals surface area (Å²) in [5.74, 6) is 0.874. The molecule has 0 aliphatic carbocycles. The van der Waals surface area contributed by atoms with Gasteiger partial charge in [-0.1, -0.05) is 0 Å². The molecule has 0 spiro atoms. The third-order valence-electron chi connectivity index (χ3n) is 2.64. The van der Waals surface area contributed by atoms with Crippen LogP contribution in [0.3, 0.4) is 0 Å². The molecule has 1 rings (SSSR count). The number of rotatable bonds is 7. The maximum atomic E-state index is 5.54. The summed E-state index contributed by atoms with van der Waals surface area (Å²) in [7, 11) is 1.72. The van der Waals surface area contributed by atoms with Crippen molar-refractivity contribution in [3.05, 3.63) is 0 Å². The van der Waals surface area contributed by atoms with Gasteiger partial charge in [-0.25, -0.2) is 0 Å². The van der Waals surface area contributed by atoms with Crippen molar-refractivity contribution in [2.75, 3.05) is 40.0 Å². The van der Waals surface area contributed by atoms with E-state index in [0.717, 1.165) is 58.1 Å². The molecule has 0 saturated carbocycles. The maximum Gasteiger partial charge on any atom is 0.191 e. The van der Waals surface area contributed by atoms with E-state index in [1.54, 1.807) is 7.11 Å². The Morgan fingerprint density at radius 3 is 3.00 bits per heavy atom. The smallest absolute Gasteiger partial charge is 0.191 e. The van der Waals surface area contributed by atoms with Gasteiger partial charge in [0.2, 0.25) is 0 Å². The van der Waals surface area contributed by atoms with Crippen molar-refractivity contribution in [3.63, 3.8) is 0 Å². The fraction of sp³-hybridized carbons (Fsp3) is 0.917. The summed E-state index contributed by atoms with van der Waals surface area (Å²) in [5.41, 5.74) is 0. The molecule has 0 amide bonds. The summed E-state index contributed by atoms with van der Waals surface area (Å²) >= 11 is 0. The van der Waals surface area contributed by atoms with Gasteiger partial charge in [0.1, 0.15) is 0 Å². The standard InChI is InChI=1S/C12H25N3O2/c1-3-13-12(14-7-5-8-16-2)15-10-11-6-4-9-17-11/h11H,3-10H2,1-2H3,(H2,13,14,15). The first kappa shape index (κ1) is 14.3. The molecule has 1 aliphatic rings. The van der Waals surface area contributed by atoms with Crippen LogP contribution in [0.15, 0.2) is 4.99 Å². The number of guanidine groups is 1. The van der Waals surface area contributed by atoms with E-state index < -0.39 is 0 Å². The van der Waals surface area contributed by atoms with E-state index in [1.807, 2.05) is 0 Å². The van der Waals surface area contributed by atoms with Crippen LogP contribution in [0, 0.1) is 0 Å². The minimum atomic E-state index is 0.310. The number of hydrogen-bond donors (Lipinski definition) is 2. The van der Waals surface area contributed by atoms with Gasteiger partial charge in [-0.2, -0.15) is 0 Å². The highest BCUT2D eigenvalue weighted by molar-refractivity contribution is 5.79. The van der Waals surface area contributed by atoms with Crippen molar-refractivity contribution in [1.29, 1.82) is 0 Å². The molecule has 2 N–H and O–H groups in total. The van der Waals surface area contributed by atoms with Crippen molar-refractivity contribution in [1.82, 2.24) is 10.6 Å². The van der Waals surface area contributed by atoms with Crippen molar-refractivity contribution in [2.24, 2.45) is 4.99 Å². The molecule has 1 fully saturated rings. The quantitative estimate of drug-likeness (QED) is 0.394. The zero-order chi connectivity index (χ0) is 12.3. The Balaban J connectivity index is 2.22. The van der Waals surface area contributed by atoms with Crippen molar-refractivity contribution in [2.45, 2.75) is 32.3 Å². The third kappa shape index (κ3) is 6.48. The fourth-order valence-electron chi connectivity index (χ4n) is 1.75. The van der Waals surface area contributed by atoms with Gasteiger partial charge < -0.3 is 20.1 Å². The first-order valence-electron chi connectivity index (χ1n) is 6.49. The van der Waals surface area contributed by atoms with Crippen LogP contribution < -0.4 is 10.6 Å². The van der Waals surface area contributed by atoms with Gasteiger partial charge in [0.05, 0.1) is 12.6 Å². The molecule has 0 radical (unpaired) electrons. The van der Waals surface area contributed by atoms with Crippen LogP contribution in [-0.4, -0.2) is 52.0 Å². The molecular formula is C12H25N3O2. The van der Waals surface area contributed by atoms with Crippen LogP contribution in [0.25, 0.3) is 0 Å². The number of aliphatic imine (C=N–C) groups is 1. The summed E-state index contributed by atoms with van der Waals surface area (Å²) in [6.07, 6.45) is 3.59. The van der Waals surface area contributed by atoms with E-state index >= 15 is 0 Å². The number of methoxy groups -OCH3 is 1. The predicted molar refractivity (Wildman–Crippen MR) is 69.4 cm³/mol. The normalized spacial score (nSPS) is 20.6. The highest BCUT2D eigenvalue weighted by atomic mass is 16.5. The van der Waals surface area contributed by atoms with E-state index in [9.17, 15) is 0 Å². The summed E-state index contributed by atoms with van der Waals surface area (Å²) in [5, 5.41) is 6.51. The van der Waals surface area contributed by atoms with Crippen LogP contribution in [0.4, 0.5) is 0 Å². The molecule has 5 nitrogen and oxygen atoms in total. The molecule has 0 bridgehead atoms. The first-order valence-corrected chi connectivity index (χ1v) is 6.49. The second kappa shape index (κ2) is 9.24. The Bertz CT molecular complexity index is 216. The van der Waals surface area contributed by atoms with Crippen LogP contribution in [0.1, 0.15) is 26.2 Å². The lowest BCUT2D eigenvalue weighted by Gasteiger charge is -2.12. The topological polar surface area (TPSA) is 54.9 Å². The molecule has 100 valence electrons. The molecule has 1 aliphatic heterocycles. The van der Waals surface area contributed by atoms with Gasteiger partial charge in [0, 0.05) is 33.4 Å². The summed E-state index contributed by atoms with van der Waals surface area (Å²) in [6.45, 7) is 6.24. The Morgan fingerprint density at radius 1 is 1.47 bits per heavy atom. The van der Waals surface area contributed by atoms with Crippen molar-refractivity contribution < 1.29 is 9.47 Å². The summed E-state index contributed by atoms with van der Waals surface area (Å²) in [6, 6.07) is 0. The molecule has 1 saturated heterocycles. The van der Waals surface area contributed by atoms with Gasteiger partial charge >= 0.3 is 0 Å². The number of ether oxygens (including phenoxy) is 2. The Kier molecular flexibility index (Phi) is 7.75. The van der Waals surface area contributed by atoms with E-state index in [0.29, 0.717) is 6.10 Å². The first-order chi connectivity index (χ1) is 8.36. The molecule has 1 heterocycles. The monoisotopic (exact) mass is 243 g/mol. The van der Waals surface area contributed by atoms with Crippen LogP contribution in [0.2, 0.25) is 0 Å². The minimum Gasteiger partial charge on any atom is -0.385 e. The Labute approximate surface area is 104 Å². The maximum absolute atomic E-state index is 5.54. The largest absolute Gasteiger partial charge is 0.385 e. The zero-order valence-corrected chi connectivity index (χ0v) is 11.0. The van der Waals surface area contributed by atoms with Gasteiger partial charge in [-0.15, -0.1) is 0 Å². The molecule has 0 aromatic carbocycles. The van der Waals surface area contributed by atoms with E-state index in [-0.39, 0.29) is 0 Å². The molecule has 0 aromatic heterocycles. The minimum absolute atomic E-state index is 0.310. The number of hydrogen-bond acceptors (Lipinski definition) is 3. The molecule has 1 atom stereocenters. The average Bonchev–Trinajstić information content (AvgIpc) is 2.84. The second-order valence-corrected chi connectivity index (χ2v) is 4.13. The molecule has 1 unspecified atom stereocenters. The molecular weight excluding hydrogens is 218 g/mol. The number of nitrogens with zero attached hydrogens (tertiary/aromatic N) is 1. The summed E-state index contributed by atoms with van der Waals surface area (Å²) in [4.78, 5) is 4.52. The third-order valence-corrected chi connectivity index (χ3v) is 2.64. The van der Waals surface area contributed by atoms with E-state index in [2.05, 4.69) is 22.5 Å². The van der Waals surface area contributed by atoms with Crippen LogP contribution >= 0.6 is 0 Å². The van der Waals surface area contributed by atoms with Gasteiger partial charge in [-0.05, 0) is 26.2 Å². The molecule has 5 heteroatoms. The average molecular weight is 243 g/mol. The van der Waals surface area contributed by atoms with Crippen molar-refractivity contribution in [3.8, 4) is 0 Å². The SMILES string of the molecule is CCNC(=NCC1CCCO1)NCCCOC. The van der Waals surface area contributed by atoms with E-state index in [1.165, 1.54) is 0 Å². The lowest BCUT2D eigenvalue weighted by Crippen LogP contribution is -2.38. The van der Waals surface area contributed by atoms with E-state index in [4.69, 9.17) is 9.47 Å². The second-order valence-electron chi connectivity index (χ2n) is 4.13. The Morgan fingerprint density at radius 2 is 2.35 bits per heavy atom. The lowest BCUT2D eigenvalue weighted by atomic mass is 10.2. The summed E-state index contributed by atoms with van der Waals surface area (Å²) < 4.78 is 10.5. The molecule has 0 aromatic rings. The Hall–Kier alpha value is -0.810. The van der Waals surface area contributed by atoms with Crippen LogP contribution in [0.5, 0.6) is 0 Å².